The van der Waals surface area contributed by atoms with Crippen LogP contribution < -0.4 is 5.32 Å². The molecule has 0 aromatic rings. The molecule has 1 amide bonds. The molecule has 2 fully saturated rings. The molecule has 2 unspecified atom stereocenters. The number of rotatable bonds is 1. The standard InChI is InChI=1S/C10H15F3N2O2/c11-10(12,13)7-6-14-8(16)3-4-15(7)9-2-1-5-17-9/h7,9H,1-6H2,(H,14,16). The summed E-state index contributed by atoms with van der Waals surface area (Å²) in [7, 11) is 0. The Morgan fingerprint density at radius 3 is 2.76 bits per heavy atom. The largest absolute Gasteiger partial charge is 0.405 e. The Labute approximate surface area is 97.1 Å². The number of alkyl halides is 3. The summed E-state index contributed by atoms with van der Waals surface area (Å²) in [5.41, 5.74) is 0. The van der Waals surface area contributed by atoms with Crippen molar-refractivity contribution < 1.29 is 22.7 Å². The van der Waals surface area contributed by atoms with E-state index in [1.54, 1.807) is 0 Å². The lowest BCUT2D eigenvalue weighted by Gasteiger charge is -2.34. The Morgan fingerprint density at radius 1 is 1.41 bits per heavy atom. The van der Waals surface area contributed by atoms with Crippen LogP contribution in [0.5, 0.6) is 0 Å². The van der Waals surface area contributed by atoms with Gasteiger partial charge in [0.15, 0.2) is 0 Å². The summed E-state index contributed by atoms with van der Waals surface area (Å²) in [5.74, 6) is -0.334. The molecule has 2 atom stereocenters. The van der Waals surface area contributed by atoms with Crippen LogP contribution in [-0.2, 0) is 9.53 Å². The fourth-order valence-corrected chi connectivity index (χ4v) is 2.27. The van der Waals surface area contributed by atoms with Crippen LogP contribution in [0.25, 0.3) is 0 Å². The van der Waals surface area contributed by atoms with Gasteiger partial charge in [-0.05, 0) is 12.8 Å². The van der Waals surface area contributed by atoms with Crippen LogP contribution in [0, 0.1) is 0 Å². The molecule has 0 bridgehead atoms. The molecule has 2 aliphatic heterocycles. The van der Waals surface area contributed by atoms with Crippen molar-refractivity contribution in [3.8, 4) is 0 Å². The third-order valence-corrected chi connectivity index (χ3v) is 3.14. The molecule has 2 aliphatic rings. The molecule has 2 rings (SSSR count). The van der Waals surface area contributed by atoms with Crippen LogP contribution in [0.15, 0.2) is 0 Å². The van der Waals surface area contributed by atoms with E-state index in [1.165, 1.54) is 4.90 Å². The highest BCUT2D eigenvalue weighted by Gasteiger charge is 2.47. The molecule has 2 heterocycles. The van der Waals surface area contributed by atoms with Gasteiger partial charge in [-0.3, -0.25) is 9.69 Å². The minimum absolute atomic E-state index is 0.0897. The van der Waals surface area contributed by atoms with Gasteiger partial charge in [-0.1, -0.05) is 0 Å². The summed E-state index contributed by atoms with van der Waals surface area (Å²) in [6, 6.07) is -1.64. The van der Waals surface area contributed by atoms with E-state index >= 15 is 0 Å². The van der Waals surface area contributed by atoms with Gasteiger partial charge in [0.25, 0.3) is 0 Å². The highest BCUT2D eigenvalue weighted by molar-refractivity contribution is 5.76. The molecule has 1 N–H and O–H groups in total. The number of nitrogens with zero attached hydrogens (tertiary/aromatic N) is 1. The van der Waals surface area contributed by atoms with Gasteiger partial charge in [-0.15, -0.1) is 0 Å². The SMILES string of the molecule is O=C1CCN(C2CCCO2)C(C(F)(F)F)CN1. The smallest absolute Gasteiger partial charge is 0.363 e. The van der Waals surface area contributed by atoms with E-state index in [9.17, 15) is 18.0 Å². The van der Waals surface area contributed by atoms with Crippen LogP contribution >= 0.6 is 0 Å². The monoisotopic (exact) mass is 252 g/mol. The van der Waals surface area contributed by atoms with Crippen LogP contribution in [-0.4, -0.2) is 48.9 Å². The maximum atomic E-state index is 12.9. The average Bonchev–Trinajstić information content (AvgIpc) is 2.67. The van der Waals surface area contributed by atoms with E-state index in [0.717, 1.165) is 6.42 Å². The number of hydrogen-bond acceptors (Lipinski definition) is 3. The van der Waals surface area contributed by atoms with Crippen molar-refractivity contribution in [2.75, 3.05) is 19.7 Å². The van der Waals surface area contributed by atoms with Gasteiger partial charge >= 0.3 is 6.18 Å². The topological polar surface area (TPSA) is 41.6 Å². The Bertz CT molecular complexity index is 290. The van der Waals surface area contributed by atoms with E-state index in [2.05, 4.69) is 5.32 Å². The number of nitrogens with one attached hydrogen (secondary N) is 1. The Balaban J connectivity index is 2.14. The molecular formula is C10H15F3N2O2. The lowest BCUT2D eigenvalue weighted by atomic mass is 10.2. The van der Waals surface area contributed by atoms with Crippen molar-refractivity contribution in [3.63, 3.8) is 0 Å². The zero-order valence-corrected chi connectivity index (χ0v) is 9.29. The van der Waals surface area contributed by atoms with Gasteiger partial charge < -0.3 is 10.1 Å². The van der Waals surface area contributed by atoms with Crippen molar-refractivity contribution >= 4 is 5.91 Å². The van der Waals surface area contributed by atoms with E-state index in [-0.39, 0.29) is 25.4 Å². The number of carbonyl (C=O) groups excluding carboxylic acids is 1. The lowest BCUT2D eigenvalue weighted by Crippen LogP contribution is -2.53. The lowest BCUT2D eigenvalue weighted by molar-refractivity contribution is -0.203. The number of carbonyl (C=O) groups is 1. The van der Waals surface area contributed by atoms with Gasteiger partial charge in [-0.2, -0.15) is 13.2 Å². The number of amides is 1. The molecule has 98 valence electrons. The predicted molar refractivity (Wildman–Crippen MR) is 53.1 cm³/mol. The first kappa shape index (κ1) is 12.6. The van der Waals surface area contributed by atoms with Gasteiger partial charge in [0.05, 0.1) is 0 Å². The summed E-state index contributed by atoms with van der Waals surface area (Å²) in [4.78, 5) is 12.4. The Hall–Kier alpha value is -0.820. The zero-order valence-electron chi connectivity index (χ0n) is 9.29. The molecule has 0 saturated carbocycles. The fourth-order valence-electron chi connectivity index (χ4n) is 2.27. The fraction of sp³-hybridized carbons (Fsp3) is 0.900. The van der Waals surface area contributed by atoms with Crippen molar-refractivity contribution in [3.05, 3.63) is 0 Å². The second kappa shape index (κ2) is 4.81. The van der Waals surface area contributed by atoms with Crippen molar-refractivity contribution in [1.29, 1.82) is 0 Å². The summed E-state index contributed by atoms with van der Waals surface area (Å²) in [6.07, 6.45) is -3.39. The summed E-state index contributed by atoms with van der Waals surface area (Å²) in [6.45, 7) is 0.204. The number of halogens is 3. The van der Waals surface area contributed by atoms with E-state index in [4.69, 9.17) is 4.74 Å². The first-order valence-electron chi connectivity index (χ1n) is 5.69. The van der Waals surface area contributed by atoms with E-state index in [1.807, 2.05) is 0 Å². The highest BCUT2D eigenvalue weighted by atomic mass is 19.4. The summed E-state index contributed by atoms with van der Waals surface area (Å²) in [5, 5.41) is 2.30. The van der Waals surface area contributed by atoms with Gasteiger partial charge in [0.2, 0.25) is 5.91 Å². The predicted octanol–water partition coefficient (Wildman–Crippen LogP) is 0.876. The van der Waals surface area contributed by atoms with Crippen LogP contribution in [0.1, 0.15) is 19.3 Å². The van der Waals surface area contributed by atoms with Crippen molar-refractivity contribution in [2.24, 2.45) is 0 Å². The minimum atomic E-state index is -4.34. The maximum Gasteiger partial charge on any atom is 0.405 e. The maximum absolute atomic E-state index is 12.9. The van der Waals surface area contributed by atoms with Crippen LogP contribution in [0.4, 0.5) is 13.2 Å². The molecule has 17 heavy (non-hydrogen) atoms. The summed E-state index contributed by atoms with van der Waals surface area (Å²) >= 11 is 0. The molecule has 0 radical (unpaired) electrons. The minimum Gasteiger partial charge on any atom is -0.363 e. The highest BCUT2D eigenvalue weighted by Crippen LogP contribution is 2.30. The molecule has 0 spiro atoms. The van der Waals surface area contributed by atoms with Crippen LogP contribution in [0.3, 0.4) is 0 Å². The molecule has 0 aliphatic carbocycles. The first-order chi connectivity index (χ1) is 7.98. The third-order valence-electron chi connectivity index (χ3n) is 3.14. The zero-order chi connectivity index (χ0) is 12.5. The molecule has 0 aromatic carbocycles. The Morgan fingerprint density at radius 2 is 2.18 bits per heavy atom. The summed E-state index contributed by atoms with van der Waals surface area (Å²) < 4.78 is 44.0. The first-order valence-corrected chi connectivity index (χ1v) is 5.69. The second-order valence-electron chi connectivity index (χ2n) is 4.32. The molecule has 0 aromatic heterocycles. The normalized spacial score (nSPS) is 32.3. The molecule has 2 saturated heterocycles. The average molecular weight is 252 g/mol. The molecule has 7 heteroatoms. The Kier molecular flexibility index (Phi) is 3.58. The van der Waals surface area contributed by atoms with Gasteiger partial charge in [0.1, 0.15) is 12.3 Å². The van der Waals surface area contributed by atoms with E-state index < -0.39 is 18.4 Å². The third kappa shape index (κ3) is 2.90. The number of ether oxygens (including phenoxy) is 1. The molecule has 4 nitrogen and oxygen atoms in total. The van der Waals surface area contributed by atoms with Crippen molar-refractivity contribution in [2.45, 2.75) is 37.7 Å². The quantitative estimate of drug-likeness (QED) is 0.753. The van der Waals surface area contributed by atoms with Crippen LogP contribution in [0.2, 0.25) is 0 Å². The number of hydrogen-bond donors (Lipinski definition) is 1. The van der Waals surface area contributed by atoms with E-state index in [0.29, 0.717) is 13.0 Å². The second-order valence-corrected chi connectivity index (χ2v) is 4.32. The van der Waals surface area contributed by atoms with Gasteiger partial charge in [-0.25, -0.2) is 0 Å². The van der Waals surface area contributed by atoms with Gasteiger partial charge in [0, 0.05) is 26.1 Å². The molecular weight excluding hydrogens is 237 g/mol. The van der Waals surface area contributed by atoms with Crippen molar-refractivity contribution in [1.82, 2.24) is 10.2 Å².